The molecule has 1 amide bonds. The highest BCUT2D eigenvalue weighted by atomic mass is 35.5. The van der Waals surface area contributed by atoms with Crippen LogP contribution in [0.15, 0.2) is 29.6 Å². The summed E-state index contributed by atoms with van der Waals surface area (Å²) < 4.78 is 0. The summed E-state index contributed by atoms with van der Waals surface area (Å²) in [5.41, 5.74) is 1.29. The van der Waals surface area contributed by atoms with Gasteiger partial charge in [0.25, 0.3) is 0 Å². The van der Waals surface area contributed by atoms with Crippen LogP contribution in [0.4, 0.5) is 0 Å². The summed E-state index contributed by atoms with van der Waals surface area (Å²) in [5.74, 6) is 0.347. The molecule has 0 radical (unpaired) electrons. The van der Waals surface area contributed by atoms with E-state index in [1.807, 2.05) is 34.5 Å². The van der Waals surface area contributed by atoms with Gasteiger partial charge in [-0.15, -0.1) is 11.3 Å². The molecular formula is C20H23ClN2O2S. The van der Waals surface area contributed by atoms with Gasteiger partial charge >= 0.3 is 0 Å². The van der Waals surface area contributed by atoms with Crippen molar-refractivity contribution in [2.45, 2.75) is 44.1 Å². The molecule has 4 rings (SSSR count). The predicted octanol–water partition coefficient (Wildman–Crippen LogP) is 4.16. The van der Waals surface area contributed by atoms with Crippen LogP contribution in [-0.4, -0.2) is 39.6 Å². The number of hydrogen-bond acceptors (Lipinski definition) is 4. The molecule has 6 heteroatoms. The van der Waals surface area contributed by atoms with Crippen molar-refractivity contribution >= 4 is 28.8 Å². The lowest BCUT2D eigenvalue weighted by molar-refractivity contribution is -0.142. The van der Waals surface area contributed by atoms with Gasteiger partial charge in [0.15, 0.2) is 0 Å². The Labute approximate surface area is 162 Å². The fraction of sp³-hybridized carbons (Fsp3) is 0.500. The maximum atomic E-state index is 12.7. The number of carbonyl (C=O) groups is 1. The van der Waals surface area contributed by atoms with Crippen molar-refractivity contribution in [3.05, 3.63) is 40.4 Å². The summed E-state index contributed by atoms with van der Waals surface area (Å²) in [7, 11) is 0. The zero-order chi connectivity index (χ0) is 18.1. The molecule has 2 fully saturated rings. The molecule has 2 aromatic rings. The molecule has 1 saturated heterocycles. The summed E-state index contributed by atoms with van der Waals surface area (Å²) in [6.45, 7) is 1.34. The number of aromatic nitrogens is 1. The van der Waals surface area contributed by atoms with E-state index in [4.69, 9.17) is 11.6 Å². The molecule has 0 bridgehead atoms. The lowest BCUT2D eigenvalue weighted by Crippen LogP contribution is -2.54. The lowest BCUT2D eigenvalue weighted by Gasteiger charge is -2.47. The third-order valence-corrected chi connectivity index (χ3v) is 6.95. The van der Waals surface area contributed by atoms with Gasteiger partial charge in [0.1, 0.15) is 5.01 Å². The second kappa shape index (κ2) is 7.29. The van der Waals surface area contributed by atoms with E-state index in [2.05, 4.69) is 4.98 Å². The normalized spacial score (nSPS) is 25.8. The average Bonchev–Trinajstić information content (AvgIpc) is 3.10. The first-order valence-corrected chi connectivity index (χ1v) is 10.5. The minimum atomic E-state index is -0.544. The summed E-state index contributed by atoms with van der Waals surface area (Å²) in [4.78, 5) is 19.3. The van der Waals surface area contributed by atoms with Crippen molar-refractivity contribution in [3.63, 3.8) is 0 Å². The molecule has 26 heavy (non-hydrogen) atoms. The fourth-order valence-electron chi connectivity index (χ4n) is 4.18. The molecule has 1 saturated carbocycles. The molecule has 1 aromatic carbocycles. The van der Waals surface area contributed by atoms with Crippen molar-refractivity contribution in [3.8, 4) is 10.6 Å². The van der Waals surface area contributed by atoms with Crippen LogP contribution in [0, 0.1) is 5.92 Å². The molecule has 138 valence electrons. The average molecular weight is 391 g/mol. The van der Waals surface area contributed by atoms with E-state index >= 15 is 0 Å². The first-order valence-electron chi connectivity index (χ1n) is 9.24. The maximum Gasteiger partial charge on any atom is 0.228 e. The topological polar surface area (TPSA) is 53.4 Å². The van der Waals surface area contributed by atoms with Gasteiger partial charge in [-0.05, 0) is 31.4 Å². The van der Waals surface area contributed by atoms with Crippen molar-refractivity contribution in [2.75, 3.05) is 13.1 Å². The van der Waals surface area contributed by atoms with Crippen molar-refractivity contribution < 1.29 is 9.90 Å². The summed E-state index contributed by atoms with van der Waals surface area (Å²) in [6.07, 6.45) is 5.21. The number of fused-ring (bicyclic) bond motifs is 1. The Morgan fingerprint density at radius 1 is 1.31 bits per heavy atom. The predicted molar refractivity (Wildman–Crippen MR) is 104 cm³/mol. The third-order valence-electron chi connectivity index (χ3n) is 5.76. The van der Waals surface area contributed by atoms with Crippen LogP contribution >= 0.6 is 22.9 Å². The SMILES string of the molecule is O=C(Cc1csc(-c2ccc(Cl)cc2)n1)N1CC[C@]2(O)CCCC[C@H]2C1. The van der Waals surface area contributed by atoms with Crippen LogP contribution in [0.5, 0.6) is 0 Å². The van der Waals surface area contributed by atoms with Crippen LogP contribution in [0.25, 0.3) is 10.6 Å². The standard InChI is InChI=1S/C20H23ClN2O2S/c21-16-6-4-14(5-7-16)19-22-17(13-26-19)11-18(24)23-10-9-20(25)8-2-1-3-15(20)12-23/h4-7,13,15,25H,1-3,8-12H2/t15-,20+/m0/s1. The molecule has 2 atom stereocenters. The number of rotatable bonds is 3. The van der Waals surface area contributed by atoms with E-state index in [0.29, 0.717) is 31.0 Å². The monoisotopic (exact) mass is 390 g/mol. The van der Waals surface area contributed by atoms with Crippen molar-refractivity contribution in [1.82, 2.24) is 9.88 Å². The molecule has 1 aromatic heterocycles. The number of halogens is 1. The minimum absolute atomic E-state index is 0.116. The highest BCUT2D eigenvalue weighted by molar-refractivity contribution is 7.13. The number of thiazole rings is 1. The van der Waals surface area contributed by atoms with Gasteiger partial charge in [0.2, 0.25) is 5.91 Å². The van der Waals surface area contributed by atoms with E-state index in [-0.39, 0.29) is 11.8 Å². The lowest BCUT2D eigenvalue weighted by atomic mass is 9.71. The quantitative estimate of drug-likeness (QED) is 0.856. The zero-order valence-electron chi connectivity index (χ0n) is 14.7. The second-order valence-electron chi connectivity index (χ2n) is 7.46. The molecule has 1 aliphatic heterocycles. The Morgan fingerprint density at radius 3 is 2.92 bits per heavy atom. The number of hydrogen-bond donors (Lipinski definition) is 1. The van der Waals surface area contributed by atoms with Gasteiger partial charge < -0.3 is 10.0 Å². The molecule has 1 N–H and O–H groups in total. The summed E-state index contributed by atoms with van der Waals surface area (Å²) in [6, 6.07) is 7.59. The molecule has 0 spiro atoms. The Kier molecular flexibility index (Phi) is 5.04. The van der Waals surface area contributed by atoms with E-state index in [9.17, 15) is 9.90 Å². The zero-order valence-corrected chi connectivity index (χ0v) is 16.2. The summed E-state index contributed by atoms with van der Waals surface area (Å²) in [5, 5.41) is 14.3. The third kappa shape index (κ3) is 3.66. The van der Waals surface area contributed by atoms with Crippen molar-refractivity contribution in [1.29, 1.82) is 0 Å². The van der Waals surface area contributed by atoms with Gasteiger partial charge in [0.05, 0.1) is 17.7 Å². The van der Waals surface area contributed by atoms with Gasteiger partial charge in [-0.1, -0.05) is 36.6 Å². The number of benzene rings is 1. The maximum absolute atomic E-state index is 12.7. The van der Waals surface area contributed by atoms with Crippen LogP contribution in [0.2, 0.25) is 5.02 Å². The molecule has 2 aliphatic rings. The smallest absolute Gasteiger partial charge is 0.228 e. The number of aliphatic hydroxyl groups is 1. The van der Waals surface area contributed by atoms with E-state index < -0.39 is 5.60 Å². The first kappa shape index (κ1) is 18.0. The second-order valence-corrected chi connectivity index (χ2v) is 8.76. The van der Waals surface area contributed by atoms with Crippen LogP contribution in [-0.2, 0) is 11.2 Å². The van der Waals surface area contributed by atoms with Crippen LogP contribution in [0.1, 0.15) is 37.8 Å². The largest absolute Gasteiger partial charge is 0.389 e. The number of nitrogens with zero attached hydrogens (tertiary/aromatic N) is 2. The molecule has 2 heterocycles. The van der Waals surface area contributed by atoms with E-state index in [1.165, 1.54) is 0 Å². The van der Waals surface area contributed by atoms with Crippen molar-refractivity contribution in [2.24, 2.45) is 5.92 Å². The van der Waals surface area contributed by atoms with Gasteiger partial charge in [-0.2, -0.15) is 0 Å². The Bertz CT molecular complexity index is 791. The minimum Gasteiger partial charge on any atom is -0.389 e. The number of carbonyl (C=O) groups excluding carboxylic acids is 1. The Hall–Kier alpha value is -1.43. The van der Waals surface area contributed by atoms with E-state index in [1.54, 1.807) is 11.3 Å². The van der Waals surface area contributed by atoms with Gasteiger partial charge in [0, 0.05) is 35.0 Å². The number of piperidine rings is 1. The van der Waals surface area contributed by atoms with Crippen LogP contribution < -0.4 is 0 Å². The Balaban J connectivity index is 1.40. The van der Waals surface area contributed by atoms with Gasteiger partial charge in [-0.25, -0.2) is 4.98 Å². The summed E-state index contributed by atoms with van der Waals surface area (Å²) >= 11 is 7.48. The molecule has 0 unspecified atom stereocenters. The highest BCUT2D eigenvalue weighted by Crippen LogP contribution is 2.39. The van der Waals surface area contributed by atoms with Crippen LogP contribution in [0.3, 0.4) is 0 Å². The van der Waals surface area contributed by atoms with Gasteiger partial charge in [-0.3, -0.25) is 4.79 Å². The van der Waals surface area contributed by atoms with E-state index in [0.717, 1.165) is 41.9 Å². The number of likely N-dealkylation sites (tertiary alicyclic amines) is 1. The molecule has 1 aliphatic carbocycles. The first-order chi connectivity index (χ1) is 12.5. The fourth-order valence-corrected chi connectivity index (χ4v) is 5.13. The molecular weight excluding hydrogens is 368 g/mol. The molecule has 4 nitrogen and oxygen atoms in total. The Morgan fingerprint density at radius 2 is 2.12 bits per heavy atom. The number of amides is 1. The highest BCUT2D eigenvalue weighted by Gasteiger charge is 2.43.